The van der Waals surface area contributed by atoms with Crippen molar-refractivity contribution >= 4 is 16.9 Å². The van der Waals surface area contributed by atoms with Crippen LogP contribution in [0.1, 0.15) is 0 Å². The van der Waals surface area contributed by atoms with Gasteiger partial charge in [0.2, 0.25) is 6.29 Å². The van der Waals surface area contributed by atoms with Crippen LogP contribution >= 0.6 is 0 Å². The van der Waals surface area contributed by atoms with Gasteiger partial charge in [-0.15, -0.1) is 0 Å². The number of carbonyl (C=O) groups excluding carboxylic acids is 1. The van der Waals surface area contributed by atoms with Gasteiger partial charge in [-0.25, -0.2) is 0 Å². The predicted molar refractivity (Wildman–Crippen MR) is 74.1 cm³/mol. The first-order valence-electron chi connectivity index (χ1n) is 6.90. The number of hydrogen-bond acceptors (Lipinski definition) is 8. The number of hydrogen-bond donors (Lipinski definition) is 3. The van der Waals surface area contributed by atoms with Crippen molar-refractivity contribution in [1.82, 2.24) is 4.98 Å². The summed E-state index contributed by atoms with van der Waals surface area (Å²) in [6, 6.07) is 8.60. The average Bonchev–Trinajstić information content (AvgIpc) is 2.55. The number of nitrogens with zero attached hydrogens (tertiary/aromatic N) is 1. The largest absolute Gasteiger partial charge is 0.547 e. The maximum atomic E-state index is 11.0. The molecule has 23 heavy (non-hydrogen) atoms. The van der Waals surface area contributed by atoms with Gasteiger partial charge in [-0.05, 0) is 12.1 Å². The van der Waals surface area contributed by atoms with Crippen molar-refractivity contribution < 1.29 is 34.7 Å². The van der Waals surface area contributed by atoms with Crippen LogP contribution in [0.2, 0.25) is 0 Å². The van der Waals surface area contributed by atoms with E-state index < -0.39 is 36.7 Å². The molecule has 0 spiro atoms. The van der Waals surface area contributed by atoms with Gasteiger partial charge in [-0.3, -0.25) is 4.98 Å². The van der Waals surface area contributed by atoms with Gasteiger partial charge >= 0.3 is 0 Å². The second kappa shape index (κ2) is 6.09. The molecule has 1 aromatic carbocycles. The van der Waals surface area contributed by atoms with Crippen LogP contribution in [0.3, 0.4) is 0 Å². The van der Waals surface area contributed by atoms with E-state index in [1.807, 2.05) is 0 Å². The summed E-state index contributed by atoms with van der Waals surface area (Å²) in [7, 11) is 0. The molecular weight excluding hydrogens is 306 g/mol. The second-order valence-corrected chi connectivity index (χ2v) is 5.17. The van der Waals surface area contributed by atoms with Crippen molar-refractivity contribution in [2.45, 2.75) is 30.7 Å². The normalized spacial score (nSPS) is 31.0. The van der Waals surface area contributed by atoms with Gasteiger partial charge in [0.15, 0.2) is 0 Å². The number of ether oxygens (including phenoxy) is 2. The fourth-order valence-electron chi connectivity index (χ4n) is 2.44. The van der Waals surface area contributed by atoms with Crippen molar-refractivity contribution in [3.63, 3.8) is 0 Å². The summed E-state index contributed by atoms with van der Waals surface area (Å²) in [4.78, 5) is 15.1. The Morgan fingerprint density at radius 1 is 1.13 bits per heavy atom. The first-order chi connectivity index (χ1) is 11.0. The molecule has 0 bridgehead atoms. The maximum Gasteiger partial charge on any atom is 0.229 e. The Morgan fingerprint density at radius 2 is 1.87 bits per heavy atom. The molecule has 8 nitrogen and oxygen atoms in total. The number of aliphatic carboxylic acids is 1. The highest BCUT2D eigenvalue weighted by Gasteiger charge is 2.45. The van der Waals surface area contributed by atoms with Crippen LogP contribution in [0.5, 0.6) is 5.75 Å². The third kappa shape index (κ3) is 2.84. The molecule has 5 atom stereocenters. The quantitative estimate of drug-likeness (QED) is 0.602. The Bertz CT molecular complexity index is 717. The molecule has 1 fully saturated rings. The number of benzene rings is 1. The Morgan fingerprint density at radius 3 is 2.61 bits per heavy atom. The standard InChI is InChI=1S/C15H15NO7/c17-10-11(18)13(14(20)21)23-15(12(10)19)22-8-5-1-3-7-4-2-6-16-9(7)8/h1-6,10-13,15,17-19H,(H,20,21)/p-1. The number of pyridine rings is 1. The molecule has 3 N–H and O–H groups in total. The molecule has 0 aliphatic carbocycles. The summed E-state index contributed by atoms with van der Waals surface area (Å²) in [5, 5.41) is 41.1. The SMILES string of the molecule is O=C([O-])C1OC(Oc2cccc3cccnc23)C(O)C(O)C1O. The van der Waals surface area contributed by atoms with Crippen LogP contribution in [0.4, 0.5) is 0 Å². The van der Waals surface area contributed by atoms with E-state index in [0.29, 0.717) is 5.52 Å². The van der Waals surface area contributed by atoms with E-state index in [9.17, 15) is 25.2 Å². The van der Waals surface area contributed by atoms with Gasteiger partial charge in [-0.1, -0.05) is 18.2 Å². The summed E-state index contributed by atoms with van der Waals surface area (Å²) in [6.07, 6.45) is -6.97. The van der Waals surface area contributed by atoms with Gasteiger partial charge in [0.25, 0.3) is 0 Å². The Labute approximate surface area is 130 Å². The molecule has 0 saturated carbocycles. The first kappa shape index (κ1) is 15.6. The van der Waals surface area contributed by atoms with E-state index >= 15 is 0 Å². The molecule has 3 rings (SSSR count). The van der Waals surface area contributed by atoms with Crippen LogP contribution in [-0.4, -0.2) is 57.0 Å². The smallest absolute Gasteiger partial charge is 0.229 e. The molecule has 1 aliphatic rings. The third-order valence-electron chi connectivity index (χ3n) is 3.64. The Kier molecular flexibility index (Phi) is 4.14. The number of aliphatic hydroxyl groups is 3. The number of carbonyl (C=O) groups is 1. The Balaban J connectivity index is 1.90. The highest BCUT2D eigenvalue weighted by Crippen LogP contribution is 2.28. The minimum atomic E-state index is -1.82. The zero-order chi connectivity index (χ0) is 16.6. The number of carboxylic acid groups (broad SMARTS) is 1. The zero-order valence-electron chi connectivity index (χ0n) is 11.8. The molecule has 1 aliphatic heterocycles. The van der Waals surface area contributed by atoms with E-state index in [2.05, 4.69) is 4.98 Å². The topological polar surface area (TPSA) is 132 Å². The van der Waals surface area contributed by atoms with Crippen molar-refractivity contribution in [1.29, 1.82) is 0 Å². The average molecular weight is 320 g/mol. The van der Waals surface area contributed by atoms with E-state index in [4.69, 9.17) is 9.47 Å². The van der Waals surface area contributed by atoms with Gasteiger partial charge in [-0.2, -0.15) is 0 Å². The third-order valence-corrected chi connectivity index (χ3v) is 3.64. The number of rotatable bonds is 3. The Hall–Kier alpha value is -2.26. The number of aromatic nitrogens is 1. The molecular formula is C15H14NO7-. The van der Waals surface area contributed by atoms with Crippen LogP contribution in [-0.2, 0) is 9.53 Å². The molecule has 8 heteroatoms. The molecule has 0 radical (unpaired) electrons. The minimum absolute atomic E-state index is 0.243. The monoisotopic (exact) mass is 320 g/mol. The first-order valence-corrected chi connectivity index (χ1v) is 6.90. The molecule has 1 saturated heterocycles. The maximum absolute atomic E-state index is 11.0. The van der Waals surface area contributed by atoms with Crippen molar-refractivity contribution in [3.8, 4) is 5.75 Å². The summed E-state index contributed by atoms with van der Waals surface area (Å²) >= 11 is 0. The van der Waals surface area contributed by atoms with Crippen LogP contribution in [0.25, 0.3) is 10.9 Å². The van der Waals surface area contributed by atoms with E-state index in [0.717, 1.165) is 5.39 Å². The summed E-state index contributed by atoms with van der Waals surface area (Å²) in [5.41, 5.74) is 0.483. The lowest BCUT2D eigenvalue weighted by Gasteiger charge is -2.40. The number of para-hydroxylation sites is 1. The molecule has 2 heterocycles. The van der Waals surface area contributed by atoms with E-state index in [1.54, 1.807) is 36.5 Å². The minimum Gasteiger partial charge on any atom is -0.547 e. The van der Waals surface area contributed by atoms with Crippen molar-refractivity contribution in [2.75, 3.05) is 0 Å². The highest BCUT2D eigenvalue weighted by atomic mass is 16.7. The number of aliphatic hydroxyl groups excluding tert-OH is 3. The van der Waals surface area contributed by atoms with Crippen LogP contribution in [0.15, 0.2) is 36.5 Å². The predicted octanol–water partition coefficient (Wildman–Crippen LogP) is -1.83. The van der Waals surface area contributed by atoms with Gasteiger partial charge in [0.1, 0.15) is 35.7 Å². The lowest BCUT2D eigenvalue weighted by Crippen LogP contribution is -2.63. The van der Waals surface area contributed by atoms with E-state index in [1.165, 1.54) is 0 Å². The molecule has 5 unspecified atom stereocenters. The molecule has 1 aromatic heterocycles. The van der Waals surface area contributed by atoms with Gasteiger partial charge in [0.05, 0.1) is 5.97 Å². The summed E-state index contributed by atoms with van der Waals surface area (Å²) in [6.45, 7) is 0. The van der Waals surface area contributed by atoms with E-state index in [-0.39, 0.29) is 5.75 Å². The number of fused-ring (bicyclic) bond motifs is 1. The van der Waals surface area contributed by atoms with Crippen LogP contribution in [0, 0.1) is 0 Å². The van der Waals surface area contributed by atoms with Crippen LogP contribution < -0.4 is 9.84 Å². The second-order valence-electron chi connectivity index (χ2n) is 5.17. The fourth-order valence-corrected chi connectivity index (χ4v) is 2.44. The number of carboxylic acids is 1. The summed E-state index contributed by atoms with van der Waals surface area (Å²) < 4.78 is 10.5. The van der Waals surface area contributed by atoms with Crippen molar-refractivity contribution in [2.24, 2.45) is 0 Å². The van der Waals surface area contributed by atoms with Gasteiger partial charge < -0.3 is 34.7 Å². The molecule has 2 aromatic rings. The van der Waals surface area contributed by atoms with Gasteiger partial charge in [0, 0.05) is 11.6 Å². The fraction of sp³-hybridized carbons (Fsp3) is 0.333. The zero-order valence-corrected chi connectivity index (χ0v) is 11.8. The molecule has 0 amide bonds. The molecule has 122 valence electrons. The lowest BCUT2D eigenvalue weighted by molar-refractivity contribution is -0.342. The highest BCUT2D eigenvalue weighted by molar-refractivity contribution is 5.84. The lowest BCUT2D eigenvalue weighted by atomic mass is 9.99. The van der Waals surface area contributed by atoms with Crippen molar-refractivity contribution in [3.05, 3.63) is 36.5 Å². The summed E-state index contributed by atoms with van der Waals surface area (Å²) in [5.74, 6) is -1.47.